The molecule has 0 atom stereocenters. The number of nitrogens with zero attached hydrogens (tertiary/aromatic N) is 1. The second-order valence-corrected chi connectivity index (χ2v) is 23.7. The van der Waals surface area contributed by atoms with E-state index in [1.165, 1.54) is 74.5 Å². The van der Waals surface area contributed by atoms with Crippen LogP contribution in [-0.2, 0) is 40.3 Å². The summed E-state index contributed by atoms with van der Waals surface area (Å²) in [4.78, 5) is 25.5. The van der Waals surface area contributed by atoms with Crippen LogP contribution in [0.1, 0.15) is 54.1 Å². The minimum Gasteiger partial charge on any atom is -0.507 e. The molecule has 9 N–H and O–H groups in total. The highest BCUT2D eigenvalue weighted by atomic mass is 32.2. The van der Waals surface area contributed by atoms with E-state index in [9.17, 15) is 72.8 Å². The number of aromatic carboxylic acids is 2. The van der Waals surface area contributed by atoms with Crippen LogP contribution in [0.25, 0.3) is 33.4 Å². The highest BCUT2D eigenvalue weighted by Crippen LogP contribution is 2.45. The first kappa shape index (κ1) is 53.9. The van der Waals surface area contributed by atoms with Crippen LogP contribution in [0.15, 0.2) is 132 Å². The van der Waals surface area contributed by atoms with Crippen LogP contribution >= 0.6 is 0 Å². The van der Waals surface area contributed by atoms with Crippen molar-refractivity contribution in [2.24, 2.45) is 4.99 Å². The maximum Gasteiger partial charge on any atom is 0.339 e. The van der Waals surface area contributed by atoms with Crippen molar-refractivity contribution in [1.82, 2.24) is 0 Å². The van der Waals surface area contributed by atoms with E-state index in [2.05, 4.69) is 19.8 Å². The Morgan fingerprint density at radius 1 is 0.553 bits per heavy atom. The number of hydrogen-bond donors (Lipinski definition) is 9. The van der Waals surface area contributed by atoms with Crippen LogP contribution in [0.4, 0.5) is 28.4 Å². The summed E-state index contributed by atoms with van der Waals surface area (Å²) in [5.41, 5.74) is 1.07. The van der Waals surface area contributed by atoms with Gasteiger partial charge in [-0.25, -0.2) is 31.4 Å². The highest BCUT2D eigenvalue weighted by Gasteiger charge is 2.30. The second-order valence-electron chi connectivity index (χ2n) is 17.6. The van der Waals surface area contributed by atoms with Crippen molar-refractivity contribution in [1.29, 1.82) is 0 Å². The van der Waals surface area contributed by atoms with Gasteiger partial charge in [0.2, 0.25) is 0 Å². The third-order valence-electron chi connectivity index (χ3n) is 12.4. The molecular weight excluding hydrogens is 1070 g/mol. The normalized spacial score (nSPS) is 12.5. The standard InChI is InChI=1S/C51H44N4O17S4/c1-24-17-26(3)47(54-73(62,63)41-14-10-8-12-37(41)56)28(5)45(24)52-31-15-16-32-38(21-31)72-39-23-36(42(76(69,70)71)22-34(39)44(32)33-11-7-9-13-40(33)75(66,67)68)53-46-25(2)18-27(4)48(29(46)6)55-74(64,65)43-20-30(50(58)59)19-35(49(43)57)51(60)61/h7-23,52,54-57H,1-6H3,(H,58,59)(H,60,61)(H,66,67,68)(H,69,70,71)/b53-36-. The molecule has 1 aliphatic heterocycles. The summed E-state index contributed by atoms with van der Waals surface area (Å²) in [5, 5.41) is 43.3. The SMILES string of the molecule is Cc1cc(C)c(NS(=O)(=O)c2cc(C(=O)O)cc(C(=O)O)c2O)c(C)c1/N=c1/cc2oc3cc(Nc4c(C)cc(C)c(NS(=O)(=O)c5ccccc5O)c4C)ccc3c(-c3ccccc3S(=O)(=O)O)c-2cc1S(=O)(=O)O. The summed E-state index contributed by atoms with van der Waals surface area (Å²) in [5.74, 6) is -5.40. The Balaban J connectivity index is 1.34. The molecular formula is C51H44N4O17S4. The lowest BCUT2D eigenvalue weighted by Gasteiger charge is -2.21. The lowest BCUT2D eigenvalue weighted by molar-refractivity contribution is 0.0693. The number of phenolic OH excluding ortho intramolecular Hbond substituents is 1. The fourth-order valence-corrected chi connectivity index (χ4v) is 12.9. The molecule has 1 heterocycles. The lowest BCUT2D eigenvalue weighted by atomic mass is 9.93. The predicted molar refractivity (Wildman–Crippen MR) is 279 cm³/mol. The van der Waals surface area contributed by atoms with Crippen molar-refractivity contribution in [2.45, 2.75) is 61.1 Å². The summed E-state index contributed by atoms with van der Waals surface area (Å²) in [6.45, 7) is 9.57. The summed E-state index contributed by atoms with van der Waals surface area (Å²) in [6.07, 6.45) is 0. The zero-order chi connectivity index (χ0) is 55.7. The average Bonchev–Trinajstić information content (AvgIpc) is 3.32. The monoisotopic (exact) mass is 1110 g/mol. The van der Waals surface area contributed by atoms with Crippen molar-refractivity contribution in [3.8, 4) is 33.9 Å². The number of para-hydroxylation sites is 1. The van der Waals surface area contributed by atoms with E-state index in [0.717, 1.165) is 18.2 Å². The zero-order valence-electron chi connectivity index (χ0n) is 40.6. The van der Waals surface area contributed by atoms with Crippen molar-refractivity contribution < 1.29 is 77.2 Å². The third kappa shape index (κ3) is 10.1. The van der Waals surface area contributed by atoms with Crippen molar-refractivity contribution >= 4 is 91.6 Å². The molecule has 0 radical (unpaired) electrons. The number of aryl methyl sites for hydroxylation is 4. The Morgan fingerprint density at radius 2 is 1.12 bits per heavy atom. The van der Waals surface area contributed by atoms with Gasteiger partial charge in [-0.15, -0.1) is 0 Å². The highest BCUT2D eigenvalue weighted by molar-refractivity contribution is 7.93. The fraction of sp³-hybridized carbons (Fsp3) is 0.118. The number of benzene rings is 7. The van der Waals surface area contributed by atoms with Crippen molar-refractivity contribution in [3.63, 3.8) is 0 Å². The Bertz CT molecular complexity index is 4350. The zero-order valence-corrected chi connectivity index (χ0v) is 43.8. The number of anilines is 4. The van der Waals surface area contributed by atoms with Gasteiger partial charge >= 0.3 is 11.9 Å². The van der Waals surface area contributed by atoms with E-state index < -0.39 is 94.9 Å². The van der Waals surface area contributed by atoms with E-state index >= 15 is 0 Å². The number of carboxylic acid groups (broad SMARTS) is 2. The van der Waals surface area contributed by atoms with Gasteiger partial charge in [-0.05, 0) is 123 Å². The van der Waals surface area contributed by atoms with Gasteiger partial charge in [0.25, 0.3) is 40.3 Å². The van der Waals surface area contributed by atoms with Crippen LogP contribution in [0.5, 0.6) is 11.5 Å². The third-order valence-corrected chi connectivity index (χ3v) is 16.9. The van der Waals surface area contributed by atoms with Crippen LogP contribution in [0.3, 0.4) is 0 Å². The molecule has 0 amide bonds. The number of rotatable bonds is 14. The summed E-state index contributed by atoms with van der Waals surface area (Å²) >= 11 is 0. The predicted octanol–water partition coefficient (Wildman–Crippen LogP) is 8.93. The first-order valence-electron chi connectivity index (χ1n) is 22.2. The number of sulfonamides is 2. The van der Waals surface area contributed by atoms with Gasteiger partial charge in [0.05, 0.1) is 28.0 Å². The van der Waals surface area contributed by atoms with Crippen LogP contribution in [0, 0.1) is 41.5 Å². The first-order valence-corrected chi connectivity index (χ1v) is 28.0. The maximum absolute atomic E-state index is 13.9. The molecule has 0 fully saturated rings. The molecule has 0 aromatic heterocycles. The van der Waals surface area contributed by atoms with Crippen LogP contribution < -0.4 is 20.1 Å². The van der Waals surface area contributed by atoms with E-state index in [4.69, 9.17) is 4.42 Å². The molecule has 1 aliphatic carbocycles. The number of nitrogens with one attached hydrogen (secondary N) is 3. The number of carboxylic acids is 2. The summed E-state index contributed by atoms with van der Waals surface area (Å²) in [7, 11) is -19.5. The van der Waals surface area contributed by atoms with Gasteiger partial charge in [-0.2, -0.15) is 16.8 Å². The summed E-state index contributed by atoms with van der Waals surface area (Å²) < 4.78 is 140. The van der Waals surface area contributed by atoms with Gasteiger partial charge in [-0.3, -0.25) is 18.5 Å². The van der Waals surface area contributed by atoms with Gasteiger partial charge in [-0.1, -0.05) is 42.5 Å². The Morgan fingerprint density at radius 3 is 1.72 bits per heavy atom. The van der Waals surface area contributed by atoms with E-state index in [-0.39, 0.29) is 66.5 Å². The molecule has 0 saturated heterocycles. The Kier molecular flexibility index (Phi) is 13.8. The minimum atomic E-state index is -5.26. The molecule has 2 aliphatic rings. The number of hydrogen-bond acceptors (Lipinski definition) is 15. The molecule has 21 nitrogen and oxygen atoms in total. The molecule has 394 valence electrons. The van der Waals surface area contributed by atoms with Gasteiger partial charge in [0.15, 0.2) is 5.75 Å². The Hall–Kier alpha value is -8.33. The quantitative estimate of drug-likeness (QED) is 0.0362. The molecule has 6 aromatic rings. The average molecular weight is 1110 g/mol. The first-order chi connectivity index (χ1) is 35.4. The Labute approximate surface area is 434 Å². The number of carbonyl (C=O) groups is 2. The molecule has 25 heteroatoms. The molecule has 6 aromatic carbocycles. The van der Waals surface area contributed by atoms with Gasteiger partial charge in [0.1, 0.15) is 42.2 Å². The topological polar surface area (TPSA) is 354 Å². The van der Waals surface area contributed by atoms with Crippen molar-refractivity contribution in [3.05, 3.63) is 153 Å². The van der Waals surface area contributed by atoms with E-state index in [1.807, 2.05) is 0 Å². The molecule has 0 saturated carbocycles. The number of fused-ring (bicyclic) bond motifs is 2. The largest absolute Gasteiger partial charge is 0.507 e. The second kappa shape index (κ2) is 19.4. The fourth-order valence-electron chi connectivity index (χ4n) is 8.93. The summed E-state index contributed by atoms with van der Waals surface area (Å²) in [6, 6.07) is 21.8. The smallest absolute Gasteiger partial charge is 0.339 e. The maximum atomic E-state index is 13.9. The van der Waals surface area contributed by atoms with Gasteiger partial charge < -0.3 is 30.2 Å². The minimum absolute atomic E-state index is 0.0108. The number of phenols is 2. The lowest BCUT2D eigenvalue weighted by Crippen LogP contribution is -2.18. The van der Waals surface area contributed by atoms with E-state index in [0.29, 0.717) is 45.8 Å². The number of aromatic hydroxyl groups is 2. The molecule has 8 rings (SSSR count). The molecule has 76 heavy (non-hydrogen) atoms. The van der Waals surface area contributed by atoms with Crippen LogP contribution in [-0.4, -0.2) is 75.1 Å². The molecule has 0 spiro atoms. The van der Waals surface area contributed by atoms with E-state index in [1.54, 1.807) is 39.8 Å². The molecule has 0 bridgehead atoms. The molecule has 0 unspecified atom stereocenters. The van der Waals surface area contributed by atoms with Crippen molar-refractivity contribution in [2.75, 3.05) is 14.8 Å². The van der Waals surface area contributed by atoms with Crippen LogP contribution in [0.2, 0.25) is 0 Å². The van der Waals surface area contributed by atoms with Gasteiger partial charge in [0, 0.05) is 45.6 Å².